The van der Waals surface area contributed by atoms with Gasteiger partial charge in [0.15, 0.2) is 0 Å². The van der Waals surface area contributed by atoms with Crippen molar-refractivity contribution in [3.63, 3.8) is 0 Å². The maximum Gasteiger partial charge on any atom is 0.318 e. The molecule has 1 aliphatic heterocycles. The maximum absolute atomic E-state index is 5.91. The predicted molar refractivity (Wildman–Crippen MR) is 79.6 cm³/mol. The average Bonchev–Trinajstić information content (AvgIpc) is 3.23. The van der Waals surface area contributed by atoms with Gasteiger partial charge in [0.2, 0.25) is 11.7 Å². The second-order valence-electron chi connectivity index (χ2n) is 5.27. The van der Waals surface area contributed by atoms with Crippen LogP contribution in [0.5, 0.6) is 6.01 Å². The molecule has 4 rings (SSSR count). The van der Waals surface area contributed by atoms with Crippen LogP contribution in [0.2, 0.25) is 0 Å². The summed E-state index contributed by atoms with van der Waals surface area (Å²) in [4.78, 5) is 16.9. The van der Waals surface area contributed by atoms with E-state index in [1.54, 1.807) is 6.20 Å². The zero-order valence-electron chi connectivity index (χ0n) is 12.5. The molecule has 0 saturated heterocycles. The van der Waals surface area contributed by atoms with Gasteiger partial charge in [-0.25, -0.2) is 9.97 Å². The Morgan fingerprint density at radius 2 is 2.26 bits per heavy atom. The number of anilines is 1. The van der Waals surface area contributed by atoms with E-state index in [1.807, 2.05) is 6.20 Å². The molecule has 23 heavy (non-hydrogen) atoms. The van der Waals surface area contributed by atoms with Crippen LogP contribution in [-0.2, 0) is 6.42 Å². The SMILES string of the molecule is COc1ncc(-c2noc(C3CCCc4nccn43)n2)c(N)n1. The van der Waals surface area contributed by atoms with Gasteiger partial charge in [-0.2, -0.15) is 9.97 Å². The van der Waals surface area contributed by atoms with Crippen LogP contribution in [0.25, 0.3) is 11.4 Å². The van der Waals surface area contributed by atoms with Crippen LogP contribution in [0.4, 0.5) is 5.82 Å². The molecule has 9 nitrogen and oxygen atoms in total. The Labute approximate surface area is 131 Å². The molecule has 0 aromatic carbocycles. The first-order chi connectivity index (χ1) is 11.3. The number of rotatable bonds is 3. The fourth-order valence-electron chi connectivity index (χ4n) is 2.79. The standard InChI is InChI=1S/C14H15N7O2/c1-22-14-17-7-8(11(15)18-14)12-19-13(23-20-12)9-3-2-4-10-16-5-6-21(9)10/h5-7,9H,2-4H2,1H3,(H2,15,17,18). The molecule has 0 radical (unpaired) electrons. The number of nitrogens with zero attached hydrogens (tertiary/aromatic N) is 6. The van der Waals surface area contributed by atoms with E-state index in [-0.39, 0.29) is 17.9 Å². The van der Waals surface area contributed by atoms with Gasteiger partial charge in [-0.1, -0.05) is 5.16 Å². The lowest BCUT2D eigenvalue weighted by atomic mass is 10.0. The molecular formula is C14H15N7O2. The number of aromatic nitrogens is 6. The number of nitrogens with two attached hydrogens (primary N) is 1. The minimum Gasteiger partial charge on any atom is -0.467 e. The van der Waals surface area contributed by atoms with Crippen molar-refractivity contribution in [2.24, 2.45) is 0 Å². The van der Waals surface area contributed by atoms with Crippen molar-refractivity contribution in [1.29, 1.82) is 0 Å². The fourth-order valence-corrected chi connectivity index (χ4v) is 2.79. The number of aryl methyl sites for hydroxylation is 1. The van der Waals surface area contributed by atoms with Gasteiger partial charge in [0.1, 0.15) is 17.7 Å². The molecule has 3 aromatic heterocycles. The summed E-state index contributed by atoms with van der Waals surface area (Å²) in [5.74, 6) is 2.19. The molecule has 118 valence electrons. The van der Waals surface area contributed by atoms with Gasteiger partial charge in [-0.15, -0.1) is 0 Å². The smallest absolute Gasteiger partial charge is 0.318 e. The van der Waals surface area contributed by atoms with Gasteiger partial charge in [-0.3, -0.25) is 0 Å². The summed E-state index contributed by atoms with van der Waals surface area (Å²) >= 11 is 0. The molecule has 0 saturated carbocycles. The lowest BCUT2D eigenvalue weighted by Crippen LogP contribution is -2.18. The van der Waals surface area contributed by atoms with Gasteiger partial charge < -0.3 is 19.6 Å². The third-order valence-electron chi connectivity index (χ3n) is 3.91. The molecule has 1 atom stereocenters. The highest BCUT2D eigenvalue weighted by Gasteiger charge is 2.27. The van der Waals surface area contributed by atoms with E-state index >= 15 is 0 Å². The Balaban J connectivity index is 1.68. The Morgan fingerprint density at radius 3 is 3.09 bits per heavy atom. The molecule has 4 heterocycles. The summed E-state index contributed by atoms with van der Waals surface area (Å²) in [5, 5.41) is 4.01. The van der Waals surface area contributed by atoms with Crippen molar-refractivity contribution in [3.05, 3.63) is 30.3 Å². The van der Waals surface area contributed by atoms with Crippen LogP contribution < -0.4 is 10.5 Å². The van der Waals surface area contributed by atoms with Gasteiger partial charge in [0.05, 0.1) is 12.7 Å². The molecule has 2 N–H and O–H groups in total. The molecule has 1 aliphatic rings. The average molecular weight is 313 g/mol. The highest BCUT2D eigenvalue weighted by molar-refractivity contribution is 5.66. The molecule has 9 heteroatoms. The molecular weight excluding hydrogens is 298 g/mol. The van der Waals surface area contributed by atoms with Crippen molar-refractivity contribution in [1.82, 2.24) is 29.7 Å². The number of imidazole rings is 1. The molecule has 0 spiro atoms. The van der Waals surface area contributed by atoms with E-state index < -0.39 is 0 Å². The van der Waals surface area contributed by atoms with Crippen molar-refractivity contribution >= 4 is 5.82 Å². The summed E-state index contributed by atoms with van der Waals surface area (Å²) in [5.41, 5.74) is 6.42. The number of nitrogen functional groups attached to an aromatic ring is 1. The molecule has 0 amide bonds. The maximum atomic E-state index is 5.91. The summed E-state index contributed by atoms with van der Waals surface area (Å²) < 4.78 is 12.5. The van der Waals surface area contributed by atoms with E-state index in [0.29, 0.717) is 17.3 Å². The second kappa shape index (κ2) is 5.34. The van der Waals surface area contributed by atoms with Gasteiger partial charge in [0.25, 0.3) is 0 Å². The Bertz CT molecular complexity index is 841. The Kier molecular flexibility index (Phi) is 3.18. The first-order valence-electron chi connectivity index (χ1n) is 7.28. The number of hydrogen-bond acceptors (Lipinski definition) is 8. The normalized spacial score (nSPS) is 17.0. The van der Waals surface area contributed by atoms with E-state index in [4.69, 9.17) is 15.0 Å². The zero-order chi connectivity index (χ0) is 15.8. The third-order valence-corrected chi connectivity index (χ3v) is 3.91. The summed E-state index contributed by atoms with van der Waals surface area (Å²) in [7, 11) is 1.48. The highest BCUT2D eigenvalue weighted by atomic mass is 16.5. The van der Waals surface area contributed by atoms with Crippen LogP contribution in [0, 0.1) is 0 Å². The Morgan fingerprint density at radius 1 is 1.35 bits per heavy atom. The first kappa shape index (κ1) is 13.7. The van der Waals surface area contributed by atoms with Gasteiger partial charge in [0, 0.05) is 25.0 Å². The first-order valence-corrected chi connectivity index (χ1v) is 7.28. The quantitative estimate of drug-likeness (QED) is 0.767. The largest absolute Gasteiger partial charge is 0.467 e. The summed E-state index contributed by atoms with van der Waals surface area (Å²) in [6.07, 6.45) is 8.18. The van der Waals surface area contributed by atoms with Crippen molar-refractivity contribution < 1.29 is 9.26 Å². The van der Waals surface area contributed by atoms with Crippen molar-refractivity contribution in [2.45, 2.75) is 25.3 Å². The highest BCUT2D eigenvalue weighted by Crippen LogP contribution is 2.31. The zero-order valence-corrected chi connectivity index (χ0v) is 12.5. The lowest BCUT2D eigenvalue weighted by molar-refractivity contribution is 0.309. The lowest BCUT2D eigenvalue weighted by Gasteiger charge is -2.21. The third kappa shape index (κ3) is 2.30. The molecule has 0 bridgehead atoms. The van der Waals surface area contributed by atoms with E-state index in [1.165, 1.54) is 13.3 Å². The van der Waals surface area contributed by atoms with E-state index in [9.17, 15) is 0 Å². The number of ether oxygens (including phenoxy) is 1. The minimum absolute atomic E-state index is 0.00268. The van der Waals surface area contributed by atoms with Crippen molar-refractivity contribution in [2.75, 3.05) is 12.8 Å². The number of fused-ring (bicyclic) bond motifs is 1. The van der Waals surface area contributed by atoms with Gasteiger partial charge >= 0.3 is 6.01 Å². The van der Waals surface area contributed by atoms with Crippen LogP contribution in [-0.4, -0.2) is 36.8 Å². The number of methoxy groups -OCH3 is 1. The van der Waals surface area contributed by atoms with Crippen LogP contribution in [0.15, 0.2) is 23.1 Å². The topological polar surface area (TPSA) is 118 Å². The monoisotopic (exact) mass is 313 g/mol. The van der Waals surface area contributed by atoms with Crippen molar-refractivity contribution in [3.8, 4) is 17.4 Å². The van der Waals surface area contributed by atoms with E-state index in [2.05, 4.69) is 29.7 Å². The molecule has 3 aromatic rings. The molecule has 0 aliphatic carbocycles. The molecule has 0 fully saturated rings. The summed E-state index contributed by atoms with van der Waals surface area (Å²) in [6, 6.07) is 0.202. The summed E-state index contributed by atoms with van der Waals surface area (Å²) in [6.45, 7) is 0. The van der Waals surface area contributed by atoms with Crippen LogP contribution in [0.1, 0.15) is 30.6 Å². The molecule has 1 unspecified atom stereocenters. The number of hydrogen-bond donors (Lipinski definition) is 1. The minimum atomic E-state index is 0.00268. The Hall–Kier alpha value is -2.97. The predicted octanol–water partition coefficient (Wildman–Crippen LogP) is 1.24. The second-order valence-corrected chi connectivity index (χ2v) is 5.27. The van der Waals surface area contributed by atoms with Crippen LogP contribution >= 0.6 is 0 Å². The van der Waals surface area contributed by atoms with Crippen LogP contribution in [0.3, 0.4) is 0 Å². The van der Waals surface area contributed by atoms with E-state index in [0.717, 1.165) is 25.1 Å². The van der Waals surface area contributed by atoms with Gasteiger partial charge in [-0.05, 0) is 12.8 Å². The fraction of sp³-hybridized carbons (Fsp3) is 0.357.